The molecule has 0 radical (unpaired) electrons. The average molecular weight is 344 g/mol. The summed E-state index contributed by atoms with van der Waals surface area (Å²) in [6.07, 6.45) is 1.71. The van der Waals surface area contributed by atoms with Gasteiger partial charge in [0.05, 0.1) is 23.8 Å². The second-order valence-corrected chi connectivity index (χ2v) is 6.17. The highest BCUT2D eigenvalue weighted by atomic mass is 79.9. The van der Waals surface area contributed by atoms with E-state index in [4.69, 9.17) is 0 Å². The number of Topliss-reactive ketones (excluding diaryl/α,β-unsaturated/α-hetero) is 1. The van der Waals surface area contributed by atoms with Crippen molar-refractivity contribution >= 4 is 21.7 Å². The zero-order valence-corrected chi connectivity index (χ0v) is 13.7. The van der Waals surface area contributed by atoms with E-state index in [2.05, 4.69) is 36.1 Å². The van der Waals surface area contributed by atoms with E-state index in [0.29, 0.717) is 12.2 Å². The molecule has 0 atom stereocenters. The van der Waals surface area contributed by atoms with Crippen LogP contribution in [0.4, 0.5) is 0 Å². The highest BCUT2D eigenvalue weighted by Crippen LogP contribution is 2.17. The van der Waals surface area contributed by atoms with Crippen molar-refractivity contribution in [2.45, 2.75) is 6.54 Å². The minimum absolute atomic E-state index is 0.134. The summed E-state index contributed by atoms with van der Waals surface area (Å²) in [4.78, 5) is 16.8. The Kier molecular flexibility index (Phi) is 5.71. The molecule has 7 heteroatoms. The third kappa shape index (κ3) is 4.12. The second-order valence-electron chi connectivity index (χ2n) is 5.32. The molecule has 0 amide bonds. The van der Waals surface area contributed by atoms with Gasteiger partial charge in [0, 0.05) is 32.7 Å². The number of nitrogens with zero attached hydrogens (tertiary/aromatic N) is 4. The van der Waals surface area contributed by atoms with Gasteiger partial charge in [0.1, 0.15) is 5.69 Å². The molecule has 1 N–H and O–H groups in total. The lowest BCUT2D eigenvalue weighted by atomic mass is 10.2. The van der Waals surface area contributed by atoms with Crippen LogP contribution in [0.3, 0.4) is 0 Å². The Morgan fingerprint density at radius 3 is 2.80 bits per heavy atom. The van der Waals surface area contributed by atoms with Gasteiger partial charge in [0.15, 0.2) is 5.78 Å². The molecule has 1 fully saturated rings. The van der Waals surface area contributed by atoms with Crippen LogP contribution in [-0.2, 0) is 6.54 Å². The van der Waals surface area contributed by atoms with Crippen molar-refractivity contribution in [1.82, 2.24) is 24.9 Å². The van der Waals surface area contributed by atoms with Gasteiger partial charge in [0.2, 0.25) is 0 Å². The molecule has 1 aromatic rings. The van der Waals surface area contributed by atoms with E-state index in [9.17, 15) is 4.79 Å². The van der Waals surface area contributed by atoms with E-state index in [1.54, 1.807) is 10.9 Å². The van der Waals surface area contributed by atoms with Crippen LogP contribution in [0.2, 0.25) is 0 Å². The summed E-state index contributed by atoms with van der Waals surface area (Å²) in [6.45, 7) is 5.81. The molecule has 1 aromatic heterocycles. The third-order valence-corrected chi connectivity index (χ3v) is 3.98. The third-order valence-electron chi connectivity index (χ3n) is 3.39. The van der Waals surface area contributed by atoms with Crippen LogP contribution >= 0.6 is 15.9 Å². The fourth-order valence-corrected chi connectivity index (χ4v) is 2.77. The Morgan fingerprint density at radius 1 is 1.45 bits per heavy atom. The molecule has 0 aliphatic carbocycles. The van der Waals surface area contributed by atoms with Crippen LogP contribution in [-0.4, -0.2) is 78.7 Å². The van der Waals surface area contributed by atoms with Crippen LogP contribution in [0.5, 0.6) is 0 Å². The van der Waals surface area contributed by atoms with E-state index in [1.807, 2.05) is 14.1 Å². The van der Waals surface area contributed by atoms with Crippen molar-refractivity contribution < 1.29 is 4.79 Å². The number of hydrogen-bond donors (Lipinski definition) is 1. The van der Waals surface area contributed by atoms with Crippen molar-refractivity contribution in [1.29, 1.82) is 0 Å². The number of nitrogens with one attached hydrogen (secondary N) is 1. The van der Waals surface area contributed by atoms with E-state index in [0.717, 1.165) is 43.7 Å². The number of aromatic nitrogens is 2. The van der Waals surface area contributed by atoms with Gasteiger partial charge < -0.3 is 10.2 Å². The second kappa shape index (κ2) is 7.31. The highest BCUT2D eigenvalue weighted by molar-refractivity contribution is 9.10. The number of halogens is 1. The van der Waals surface area contributed by atoms with Gasteiger partial charge in [-0.15, -0.1) is 0 Å². The first-order valence-corrected chi connectivity index (χ1v) is 7.69. The lowest BCUT2D eigenvalue weighted by molar-refractivity contribution is 0.0909. The SMILES string of the molecule is CN(C)CCn1ncc(Br)c1C(=O)CN1CCNCC1. The van der Waals surface area contributed by atoms with Crippen molar-refractivity contribution in [3.63, 3.8) is 0 Å². The van der Waals surface area contributed by atoms with Crippen LogP contribution in [0.1, 0.15) is 10.5 Å². The lowest BCUT2D eigenvalue weighted by Crippen LogP contribution is -2.45. The zero-order chi connectivity index (χ0) is 14.5. The topological polar surface area (TPSA) is 53.4 Å². The predicted molar refractivity (Wildman–Crippen MR) is 82.1 cm³/mol. The maximum atomic E-state index is 12.5. The molecule has 6 nitrogen and oxygen atoms in total. The Hall–Kier alpha value is -0.760. The lowest BCUT2D eigenvalue weighted by Gasteiger charge is -2.26. The summed E-state index contributed by atoms with van der Waals surface area (Å²) in [6, 6.07) is 0. The van der Waals surface area contributed by atoms with Crippen molar-refractivity contribution in [2.24, 2.45) is 0 Å². The molecule has 2 heterocycles. The first-order chi connectivity index (χ1) is 9.58. The molecule has 20 heavy (non-hydrogen) atoms. The summed E-state index contributed by atoms with van der Waals surface area (Å²) in [5, 5.41) is 7.59. The molecule has 0 aromatic carbocycles. The standard InChI is InChI=1S/C13H22BrN5O/c1-17(2)7-8-19-13(11(14)9-16-19)12(20)10-18-5-3-15-4-6-18/h9,15H,3-8,10H2,1-2H3. The van der Waals surface area contributed by atoms with Crippen LogP contribution in [0.25, 0.3) is 0 Å². The number of carbonyl (C=O) groups is 1. The summed E-state index contributed by atoms with van der Waals surface area (Å²) in [5.41, 5.74) is 0.686. The predicted octanol–water partition coefficient (Wildman–Crippen LogP) is 0.295. The maximum Gasteiger partial charge on any atom is 0.195 e. The monoisotopic (exact) mass is 343 g/mol. The zero-order valence-electron chi connectivity index (χ0n) is 12.1. The molecular formula is C13H22BrN5O. The maximum absolute atomic E-state index is 12.5. The molecule has 1 aliphatic rings. The number of hydrogen-bond acceptors (Lipinski definition) is 5. The molecule has 1 saturated heterocycles. The largest absolute Gasteiger partial charge is 0.314 e. The average Bonchev–Trinajstić information content (AvgIpc) is 2.78. The van der Waals surface area contributed by atoms with Crippen LogP contribution in [0.15, 0.2) is 10.7 Å². The number of ketones is 1. The van der Waals surface area contributed by atoms with Gasteiger partial charge in [-0.1, -0.05) is 0 Å². The molecule has 0 unspecified atom stereocenters. The van der Waals surface area contributed by atoms with Crippen LogP contribution in [0, 0.1) is 0 Å². The molecule has 0 saturated carbocycles. The van der Waals surface area contributed by atoms with E-state index >= 15 is 0 Å². The Morgan fingerprint density at radius 2 is 2.15 bits per heavy atom. The Labute approximate surface area is 128 Å². The normalized spacial score (nSPS) is 16.8. The first kappa shape index (κ1) is 15.6. The molecule has 112 valence electrons. The minimum atomic E-state index is 0.134. The number of piperazine rings is 1. The fourth-order valence-electron chi connectivity index (χ4n) is 2.25. The quantitative estimate of drug-likeness (QED) is 0.752. The number of likely N-dealkylation sites (N-methyl/N-ethyl adjacent to an activating group) is 1. The van der Waals surface area contributed by atoms with Crippen molar-refractivity contribution in [2.75, 3.05) is 53.4 Å². The summed E-state index contributed by atoms with van der Waals surface area (Å²) < 4.78 is 2.59. The molecule has 0 bridgehead atoms. The van der Waals surface area contributed by atoms with E-state index < -0.39 is 0 Å². The summed E-state index contributed by atoms with van der Waals surface area (Å²) in [7, 11) is 4.03. The number of carbonyl (C=O) groups excluding carboxylic acids is 1. The van der Waals surface area contributed by atoms with E-state index in [1.165, 1.54) is 0 Å². The van der Waals surface area contributed by atoms with Gasteiger partial charge in [0.25, 0.3) is 0 Å². The van der Waals surface area contributed by atoms with Gasteiger partial charge in [-0.3, -0.25) is 14.4 Å². The van der Waals surface area contributed by atoms with Crippen LogP contribution < -0.4 is 5.32 Å². The van der Waals surface area contributed by atoms with Crippen molar-refractivity contribution in [3.8, 4) is 0 Å². The fraction of sp³-hybridized carbons (Fsp3) is 0.692. The highest BCUT2D eigenvalue weighted by Gasteiger charge is 2.20. The minimum Gasteiger partial charge on any atom is -0.314 e. The van der Waals surface area contributed by atoms with Crippen molar-refractivity contribution in [3.05, 3.63) is 16.4 Å². The molecule has 0 spiro atoms. The number of rotatable bonds is 6. The molecular weight excluding hydrogens is 322 g/mol. The van der Waals surface area contributed by atoms with Gasteiger partial charge in [-0.25, -0.2) is 0 Å². The first-order valence-electron chi connectivity index (χ1n) is 6.90. The van der Waals surface area contributed by atoms with Gasteiger partial charge in [-0.2, -0.15) is 5.10 Å². The Balaban J connectivity index is 2.02. The molecule has 1 aliphatic heterocycles. The summed E-state index contributed by atoms with van der Waals surface area (Å²) in [5.74, 6) is 0.134. The van der Waals surface area contributed by atoms with E-state index in [-0.39, 0.29) is 5.78 Å². The molecule has 2 rings (SSSR count). The smallest absolute Gasteiger partial charge is 0.195 e. The summed E-state index contributed by atoms with van der Waals surface area (Å²) >= 11 is 3.44. The Bertz CT molecular complexity index is 454. The van der Waals surface area contributed by atoms with Gasteiger partial charge in [-0.05, 0) is 30.0 Å². The van der Waals surface area contributed by atoms with Gasteiger partial charge >= 0.3 is 0 Å².